The number of benzene rings is 1. The Kier molecular flexibility index (Phi) is 4.17. The zero-order valence-corrected chi connectivity index (χ0v) is 10.7. The maximum absolute atomic E-state index is 11.1. The fraction of sp³-hybridized carbons (Fsp3) is 0.231. The molecule has 0 spiro atoms. The van der Waals surface area contributed by atoms with Crippen LogP contribution in [0.1, 0.15) is 10.4 Å². The normalized spacial score (nSPS) is 10.7. The van der Waals surface area contributed by atoms with Gasteiger partial charge in [-0.1, -0.05) is 24.3 Å². The molecule has 0 aliphatic heterocycles. The number of carbonyl (C=O) groups is 1. The van der Waals surface area contributed by atoms with Crippen LogP contribution in [-0.2, 0) is 4.74 Å². The van der Waals surface area contributed by atoms with E-state index in [1.807, 2.05) is 18.2 Å². The van der Waals surface area contributed by atoms with E-state index in [-0.39, 0.29) is 5.56 Å². The fourth-order valence-corrected chi connectivity index (χ4v) is 2.58. The smallest absolute Gasteiger partial charge is 0.337 e. The van der Waals surface area contributed by atoms with E-state index in [4.69, 9.17) is 9.84 Å². The summed E-state index contributed by atoms with van der Waals surface area (Å²) in [4.78, 5) is 15.3. The van der Waals surface area contributed by atoms with E-state index < -0.39 is 5.97 Å². The van der Waals surface area contributed by atoms with Gasteiger partial charge in [0.2, 0.25) is 0 Å². The van der Waals surface area contributed by atoms with E-state index in [9.17, 15) is 4.79 Å². The summed E-state index contributed by atoms with van der Waals surface area (Å²) in [5.41, 5.74) is 0.238. The molecule has 0 fully saturated rings. The summed E-state index contributed by atoms with van der Waals surface area (Å²) < 4.78 is 4.99. The van der Waals surface area contributed by atoms with Crippen molar-refractivity contribution in [2.45, 2.75) is 5.03 Å². The van der Waals surface area contributed by atoms with Gasteiger partial charge in [-0.3, -0.25) is 0 Å². The lowest BCUT2D eigenvalue weighted by atomic mass is 10.1. The largest absolute Gasteiger partial charge is 0.478 e. The number of aromatic carboxylic acids is 1. The maximum Gasteiger partial charge on any atom is 0.337 e. The van der Waals surface area contributed by atoms with Crippen molar-refractivity contribution in [3.8, 4) is 0 Å². The third kappa shape index (κ3) is 2.63. The van der Waals surface area contributed by atoms with E-state index in [0.29, 0.717) is 6.61 Å². The van der Waals surface area contributed by atoms with Crippen molar-refractivity contribution >= 4 is 28.5 Å². The highest BCUT2D eigenvalue weighted by Crippen LogP contribution is 2.27. The van der Waals surface area contributed by atoms with E-state index in [1.54, 1.807) is 24.9 Å². The van der Waals surface area contributed by atoms with Crippen molar-refractivity contribution in [1.29, 1.82) is 0 Å². The number of carboxylic acid groups (broad SMARTS) is 1. The van der Waals surface area contributed by atoms with E-state index in [2.05, 4.69) is 4.98 Å². The summed E-state index contributed by atoms with van der Waals surface area (Å²) in [5.74, 6) is -0.160. The van der Waals surface area contributed by atoms with Crippen LogP contribution in [0.2, 0.25) is 0 Å². The summed E-state index contributed by atoms with van der Waals surface area (Å²) in [6.07, 6.45) is 1.42. The molecule has 2 aromatic rings. The Morgan fingerprint density at radius 1 is 1.39 bits per heavy atom. The highest BCUT2D eigenvalue weighted by Gasteiger charge is 2.12. The number of aromatic nitrogens is 1. The Morgan fingerprint density at radius 3 is 2.78 bits per heavy atom. The summed E-state index contributed by atoms with van der Waals surface area (Å²) in [7, 11) is 1.65. The molecule has 0 radical (unpaired) electrons. The van der Waals surface area contributed by atoms with Crippen LogP contribution in [0.4, 0.5) is 0 Å². The Hall–Kier alpha value is -1.59. The Balaban J connectivity index is 2.44. The number of ether oxygens (including phenoxy) is 1. The molecule has 2 rings (SSSR count). The topological polar surface area (TPSA) is 59.4 Å². The molecule has 5 heteroatoms. The van der Waals surface area contributed by atoms with Gasteiger partial charge >= 0.3 is 5.97 Å². The lowest BCUT2D eigenvalue weighted by Gasteiger charge is -2.07. The monoisotopic (exact) mass is 263 g/mol. The molecule has 1 N–H and O–H groups in total. The molecule has 1 aromatic carbocycles. The summed E-state index contributed by atoms with van der Waals surface area (Å²) in [6.45, 7) is 0.640. The first-order chi connectivity index (χ1) is 8.74. The molecular weight excluding hydrogens is 250 g/mol. The van der Waals surface area contributed by atoms with Gasteiger partial charge in [0.25, 0.3) is 0 Å². The van der Waals surface area contributed by atoms with E-state index in [0.717, 1.165) is 21.6 Å². The van der Waals surface area contributed by atoms with Crippen LogP contribution in [-0.4, -0.2) is 35.5 Å². The molecule has 18 heavy (non-hydrogen) atoms. The van der Waals surface area contributed by atoms with Gasteiger partial charge in [-0.15, -0.1) is 11.8 Å². The molecule has 0 saturated carbocycles. The van der Waals surface area contributed by atoms with Crippen molar-refractivity contribution in [1.82, 2.24) is 4.98 Å². The number of fused-ring (bicyclic) bond motifs is 1. The van der Waals surface area contributed by atoms with Crippen LogP contribution in [0.3, 0.4) is 0 Å². The molecule has 0 saturated heterocycles. The van der Waals surface area contributed by atoms with Gasteiger partial charge in [0, 0.05) is 29.8 Å². The van der Waals surface area contributed by atoms with Gasteiger partial charge in [-0.05, 0) is 0 Å². The molecule has 0 bridgehead atoms. The van der Waals surface area contributed by atoms with Gasteiger partial charge in [0.1, 0.15) is 5.03 Å². The van der Waals surface area contributed by atoms with Crippen LogP contribution < -0.4 is 0 Å². The molecule has 0 unspecified atom stereocenters. The third-order valence-electron chi connectivity index (χ3n) is 2.52. The van der Waals surface area contributed by atoms with Crippen molar-refractivity contribution in [2.24, 2.45) is 0 Å². The van der Waals surface area contributed by atoms with Gasteiger partial charge in [-0.25, -0.2) is 9.78 Å². The van der Waals surface area contributed by atoms with Crippen molar-refractivity contribution in [3.05, 3.63) is 36.0 Å². The van der Waals surface area contributed by atoms with E-state index >= 15 is 0 Å². The first-order valence-corrected chi connectivity index (χ1v) is 6.45. The number of rotatable bonds is 5. The molecule has 1 aromatic heterocycles. The van der Waals surface area contributed by atoms with Crippen LogP contribution in [0.25, 0.3) is 10.8 Å². The van der Waals surface area contributed by atoms with E-state index in [1.165, 1.54) is 6.20 Å². The minimum atomic E-state index is -0.952. The highest BCUT2D eigenvalue weighted by atomic mass is 32.2. The van der Waals surface area contributed by atoms with Crippen LogP contribution >= 0.6 is 11.8 Å². The summed E-state index contributed by atoms with van der Waals surface area (Å²) >= 11 is 1.57. The van der Waals surface area contributed by atoms with Crippen molar-refractivity contribution in [3.63, 3.8) is 0 Å². The first kappa shape index (κ1) is 12.9. The highest BCUT2D eigenvalue weighted by molar-refractivity contribution is 7.99. The molecular formula is C13H13NO3S. The molecule has 0 amide bonds. The second-order valence-electron chi connectivity index (χ2n) is 3.67. The number of thioether (sulfide) groups is 1. The van der Waals surface area contributed by atoms with Crippen molar-refractivity contribution < 1.29 is 14.6 Å². The molecule has 1 heterocycles. The molecule has 0 aliphatic carbocycles. The van der Waals surface area contributed by atoms with Gasteiger partial charge in [0.05, 0.1) is 12.2 Å². The quantitative estimate of drug-likeness (QED) is 0.664. The van der Waals surface area contributed by atoms with Gasteiger partial charge in [0.15, 0.2) is 0 Å². The number of hydrogen-bond acceptors (Lipinski definition) is 4. The molecule has 0 atom stereocenters. The number of carboxylic acids is 1. The minimum Gasteiger partial charge on any atom is -0.478 e. The van der Waals surface area contributed by atoms with Crippen LogP contribution in [0.15, 0.2) is 35.5 Å². The second kappa shape index (κ2) is 5.84. The summed E-state index contributed by atoms with van der Waals surface area (Å²) in [5, 5.41) is 11.6. The third-order valence-corrected chi connectivity index (χ3v) is 3.48. The number of nitrogens with zero attached hydrogens (tertiary/aromatic N) is 1. The molecule has 0 aliphatic rings. The molecule has 94 valence electrons. The van der Waals surface area contributed by atoms with Crippen LogP contribution in [0.5, 0.6) is 0 Å². The van der Waals surface area contributed by atoms with Gasteiger partial charge < -0.3 is 9.84 Å². The standard InChI is InChI=1S/C13H13NO3S/c1-17-6-7-18-12-10-5-3-2-4-9(10)11(8-14-12)13(15)16/h2-5,8H,6-7H2,1H3,(H,15,16). The minimum absolute atomic E-state index is 0.238. The van der Waals surface area contributed by atoms with Gasteiger partial charge in [-0.2, -0.15) is 0 Å². The zero-order valence-electron chi connectivity index (χ0n) is 9.92. The summed E-state index contributed by atoms with van der Waals surface area (Å²) in [6, 6.07) is 7.42. The lowest BCUT2D eigenvalue weighted by molar-refractivity contribution is 0.0698. The van der Waals surface area contributed by atoms with Crippen LogP contribution in [0, 0.1) is 0 Å². The fourth-order valence-electron chi connectivity index (χ4n) is 1.67. The van der Waals surface area contributed by atoms with Crippen molar-refractivity contribution in [2.75, 3.05) is 19.5 Å². The first-order valence-electron chi connectivity index (χ1n) is 5.47. The number of pyridine rings is 1. The number of methoxy groups -OCH3 is 1. The maximum atomic E-state index is 11.1. The molecule has 4 nitrogen and oxygen atoms in total. The number of hydrogen-bond donors (Lipinski definition) is 1. The second-order valence-corrected chi connectivity index (χ2v) is 4.75. The predicted octanol–water partition coefficient (Wildman–Crippen LogP) is 2.67. The SMILES string of the molecule is COCCSc1ncc(C(=O)O)c2ccccc12. The Bertz CT molecular complexity index is 571. The Morgan fingerprint density at radius 2 is 2.11 bits per heavy atom. The zero-order chi connectivity index (χ0) is 13.0. The lowest BCUT2D eigenvalue weighted by Crippen LogP contribution is -2.00. The average Bonchev–Trinajstić information content (AvgIpc) is 2.38. The Labute approximate surface area is 109 Å². The predicted molar refractivity (Wildman–Crippen MR) is 71.3 cm³/mol. The average molecular weight is 263 g/mol.